The summed E-state index contributed by atoms with van der Waals surface area (Å²) in [6.45, 7) is 2.63. The van der Waals surface area contributed by atoms with Crippen molar-refractivity contribution in [2.24, 2.45) is 5.10 Å². The van der Waals surface area contributed by atoms with Gasteiger partial charge < -0.3 is 9.84 Å². The van der Waals surface area contributed by atoms with Crippen molar-refractivity contribution in [2.45, 2.75) is 13.3 Å². The summed E-state index contributed by atoms with van der Waals surface area (Å²) >= 11 is 5.83. The van der Waals surface area contributed by atoms with Crippen LogP contribution >= 0.6 is 11.6 Å². The fourth-order valence-corrected chi connectivity index (χ4v) is 1.65. The normalized spacial score (nSPS) is 10.8. The molecule has 2 rings (SSSR count). The van der Waals surface area contributed by atoms with Gasteiger partial charge in [0.25, 0.3) is 0 Å². The number of anilines is 1. The van der Waals surface area contributed by atoms with Crippen LogP contribution in [0.5, 0.6) is 11.5 Å². The molecule has 1 heterocycles. The third kappa shape index (κ3) is 4.32. The van der Waals surface area contributed by atoms with Crippen LogP contribution in [0, 0.1) is 0 Å². The van der Waals surface area contributed by atoms with Crippen molar-refractivity contribution in [2.75, 3.05) is 12.0 Å². The van der Waals surface area contributed by atoms with Crippen molar-refractivity contribution in [3.05, 3.63) is 41.3 Å². The average molecular weight is 307 g/mol. The van der Waals surface area contributed by atoms with Crippen LogP contribution in [0.2, 0.25) is 5.15 Å². The molecule has 0 unspecified atom stereocenters. The minimum Gasteiger partial charge on any atom is -0.507 e. The first-order valence-electron chi connectivity index (χ1n) is 6.42. The van der Waals surface area contributed by atoms with E-state index < -0.39 is 0 Å². The maximum Gasteiger partial charge on any atom is 0.184 e. The van der Waals surface area contributed by atoms with E-state index in [1.807, 2.05) is 6.92 Å². The van der Waals surface area contributed by atoms with Gasteiger partial charge in [0.15, 0.2) is 11.0 Å². The van der Waals surface area contributed by atoms with Crippen molar-refractivity contribution < 1.29 is 9.84 Å². The SMILES string of the molecule is CCCOc1ccc(/C=N/Nc2nccnc2Cl)c(O)c1. The number of nitrogens with one attached hydrogen (secondary N) is 1. The molecule has 2 aromatic rings. The van der Waals surface area contributed by atoms with Crippen LogP contribution in [0.15, 0.2) is 35.7 Å². The number of phenols is 1. The van der Waals surface area contributed by atoms with E-state index in [1.165, 1.54) is 18.6 Å². The summed E-state index contributed by atoms with van der Waals surface area (Å²) in [5.41, 5.74) is 3.21. The molecule has 7 heteroatoms. The van der Waals surface area contributed by atoms with Gasteiger partial charge in [-0.3, -0.25) is 5.43 Å². The summed E-state index contributed by atoms with van der Waals surface area (Å²) < 4.78 is 5.42. The van der Waals surface area contributed by atoms with Gasteiger partial charge in [-0.15, -0.1) is 0 Å². The van der Waals surface area contributed by atoms with Gasteiger partial charge in [-0.2, -0.15) is 5.10 Å². The molecule has 0 aliphatic carbocycles. The number of phenolic OH excluding ortho intramolecular Hbond substituents is 1. The lowest BCUT2D eigenvalue weighted by Gasteiger charge is -2.06. The van der Waals surface area contributed by atoms with Crippen molar-refractivity contribution in [3.8, 4) is 11.5 Å². The van der Waals surface area contributed by atoms with E-state index >= 15 is 0 Å². The molecule has 0 bridgehead atoms. The molecule has 0 aliphatic rings. The van der Waals surface area contributed by atoms with Crippen LogP contribution in [-0.4, -0.2) is 27.9 Å². The fourth-order valence-electron chi connectivity index (χ4n) is 1.50. The number of hydrazone groups is 1. The van der Waals surface area contributed by atoms with Crippen LogP contribution < -0.4 is 10.2 Å². The Hall–Kier alpha value is -2.34. The van der Waals surface area contributed by atoms with Gasteiger partial charge >= 0.3 is 0 Å². The summed E-state index contributed by atoms with van der Waals surface area (Å²) in [7, 11) is 0. The lowest BCUT2D eigenvalue weighted by Crippen LogP contribution is -1.97. The molecule has 0 amide bonds. The Bertz CT molecular complexity index is 634. The van der Waals surface area contributed by atoms with E-state index in [-0.39, 0.29) is 10.9 Å². The van der Waals surface area contributed by atoms with Crippen molar-refractivity contribution in [1.29, 1.82) is 0 Å². The maximum absolute atomic E-state index is 9.89. The molecule has 0 saturated carbocycles. The molecule has 2 N–H and O–H groups in total. The van der Waals surface area contributed by atoms with Crippen LogP contribution in [-0.2, 0) is 0 Å². The zero-order chi connectivity index (χ0) is 15.1. The molecule has 1 aromatic carbocycles. The monoisotopic (exact) mass is 306 g/mol. The van der Waals surface area contributed by atoms with Gasteiger partial charge in [-0.1, -0.05) is 18.5 Å². The first kappa shape index (κ1) is 15.1. The molecule has 0 fully saturated rings. The molecule has 0 saturated heterocycles. The fraction of sp³-hybridized carbons (Fsp3) is 0.214. The van der Waals surface area contributed by atoms with Gasteiger partial charge in [-0.25, -0.2) is 9.97 Å². The second-order valence-electron chi connectivity index (χ2n) is 4.13. The molecule has 21 heavy (non-hydrogen) atoms. The summed E-state index contributed by atoms with van der Waals surface area (Å²) in [6.07, 6.45) is 5.36. The molecule has 1 aromatic heterocycles. The number of aromatic hydroxyl groups is 1. The Labute approximate surface area is 127 Å². The Morgan fingerprint density at radius 3 is 2.90 bits per heavy atom. The molecule has 0 radical (unpaired) electrons. The number of rotatable bonds is 6. The summed E-state index contributed by atoms with van der Waals surface area (Å²) in [5.74, 6) is 1.05. The topological polar surface area (TPSA) is 79.6 Å². The minimum atomic E-state index is 0.0828. The predicted octanol–water partition coefficient (Wildman–Crippen LogP) is 3.07. The quantitative estimate of drug-likeness (QED) is 0.633. The number of aromatic nitrogens is 2. The number of hydrogen-bond acceptors (Lipinski definition) is 6. The highest BCUT2D eigenvalue weighted by molar-refractivity contribution is 6.31. The second kappa shape index (κ2) is 7.44. The van der Waals surface area contributed by atoms with Crippen molar-refractivity contribution in [1.82, 2.24) is 9.97 Å². The lowest BCUT2D eigenvalue weighted by molar-refractivity contribution is 0.315. The number of halogens is 1. The molecule has 110 valence electrons. The zero-order valence-electron chi connectivity index (χ0n) is 11.5. The maximum atomic E-state index is 9.89. The summed E-state index contributed by atoms with van der Waals surface area (Å²) in [4.78, 5) is 7.84. The largest absolute Gasteiger partial charge is 0.507 e. The first-order valence-corrected chi connectivity index (χ1v) is 6.80. The molecule has 0 atom stereocenters. The predicted molar refractivity (Wildman–Crippen MR) is 82.2 cm³/mol. The highest BCUT2D eigenvalue weighted by Crippen LogP contribution is 2.22. The van der Waals surface area contributed by atoms with Crippen LogP contribution in [0.25, 0.3) is 0 Å². The van der Waals surface area contributed by atoms with E-state index in [9.17, 15) is 5.11 Å². The Balaban J connectivity index is 2.02. The summed E-state index contributed by atoms with van der Waals surface area (Å²) in [6, 6.07) is 5.03. The first-order chi connectivity index (χ1) is 10.2. The molecular weight excluding hydrogens is 292 g/mol. The third-order valence-electron chi connectivity index (χ3n) is 2.50. The van der Waals surface area contributed by atoms with Gasteiger partial charge in [0, 0.05) is 24.0 Å². The number of benzene rings is 1. The van der Waals surface area contributed by atoms with Gasteiger partial charge in [-0.05, 0) is 18.6 Å². The number of ether oxygens (including phenoxy) is 1. The average Bonchev–Trinajstić information content (AvgIpc) is 2.49. The minimum absolute atomic E-state index is 0.0828. The second-order valence-corrected chi connectivity index (χ2v) is 4.49. The van der Waals surface area contributed by atoms with Crippen molar-refractivity contribution in [3.63, 3.8) is 0 Å². The Kier molecular flexibility index (Phi) is 5.34. The van der Waals surface area contributed by atoms with E-state index in [0.29, 0.717) is 23.7 Å². The molecule has 0 aliphatic heterocycles. The van der Waals surface area contributed by atoms with Crippen LogP contribution in [0.1, 0.15) is 18.9 Å². The Morgan fingerprint density at radius 1 is 1.38 bits per heavy atom. The molecule has 6 nitrogen and oxygen atoms in total. The lowest BCUT2D eigenvalue weighted by atomic mass is 10.2. The smallest absolute Gasteiger partial charge is 0.184 e. The van der Waals surface area contributed by atoms with Crippen molar-refractivity contribution >= 4 is 23.6 Å². The zero-order valence-corrected chi connectivity index (χ0v) is 12.2. The van der Waals surface area contributed by atoms with Gasteiger partial charge in [0.05, 0.1) is 12.8 Å². The number of nitrogens with zero attached hydrogens (tertiary/aromatic N) is 3. The molecule has 0 spiro atoms. The highest BCUT2D eigenvalue weighted by Gasteiger charge is 2.02. The van der Waals surface area contributed by atoms with E-state index in [4.69, 9.17) is 16.3 Å². The Morgan fingerprint density at radius 2 is 2.19 bits per heavy atom. The van der Waals surface area contributed by atoms with E-state index in [1.54, 1.807) is 18.2 Å². The highest BCUT2D eigenvalue weighted by atomic mass is 35.5. The third-order valence-corrected chi connectivity index (χ3v) is 2.78. The number of hydrogen-bond donors (Lipinski definition) is 2. The van der Waals surface area contributed by atoms with Crippen LogP contribution in [0.4, 0.5) is 5.82 Å². The van der Waals surface area contributed by atoms with Gasteiger partial charge in [0.1, 0.15) is 11.5 Å². The van der Waals surface area contributed by atoms with Crippen LogP contribution in [0.3, 0.4) is 0 Å². The van der Waals surface area contributed by atoms with E-state index in [2.05, 4.69) is 20.5 Å². The van der Waals surface area contributed by atoms with E-state index in [0.717, 1.165) is 6.42 Å². The summed E-state index contributed by atoms with van der Waals surface area (Å²) in [5, 5.41) is 14.1. The molecular formula is C14H15ClN4O2. The van der Waals surface area contributed by atoms with Gasteiger partial charge in [0.2, 0.25) is 0 Å². The standard InChI is InChI=1S/C14H15ClN4O2/c1-2-7-21-11-4-3-10(12(20)8-11)9-18-19-14-13(15)16-5-6-17-14/h3-6,8-9,20H,2,7H2,1H3,(H,17,19)/b18-9+.